The maximum Gasteiger partial charge on any atom is 0.225 e. The molecular formula is C29H25N3O. The molecule has 0 aliphatic carbocycles. The van der Waals surface area contributed by atoms with Gasteiger partial charge in [-0.2, -0.15) is 0 Å². The molecule has 3 aromatic carbocycles. The number of nitrogens with one attached hydrogen (secondary N) is 1. The Morgan fingerprint density at radius 2 is 1.48 bits per heavy atom. The number of nitrogens with zero attached hydrogens (tertiary/aromatic N) is 2. The maximum atomic E-state index is 13.2. The van der Waals surface area contributed by atoms with E-state index in [-0.39, 0.29) is 11.8 Å². The Morgan fingerprint density at radius 3 is 2.15 bits per heavy atom. The average molecular weight is 432 g/mol. The minimum atomic E-state index is -0.0277. The molecule has 0 saturated carbocycles. The van der Waals surface area contributed by atoms with E-state index < -0.39 is 0 Å². The van der Waals surface area contributed by atoms with Crippen molar-refractivity contribution in [2.24, 2.45) is 0 Å². The zero-order valence-electron chi connectivity index (χ0n) is 18.5. The number of aromatic nitrogens is 2. The van der Waals surface area contributed by atoms with E-state index in [2.05, 4.69) is 29.6 Å². The van der Waals surface area contributed by atoms with Crippen LogP contribution in [0.3, 0.4) is 0 Å². The number of para-hydroxylation sites is 1. The zero-order chi connectivity index (χ0) is 22.6. The Morgan fingerprint density at radius 1 is 0.848 bits per heavy atom. The highest BCUT2D eigenvalue weighted by Crippen LogP contribution is 2.31. The Hall–Kier alpha value is -4.18. The summed E-state index contributed by atoms with van der Waals surface area (Å²) >= 11 is 0. The summed E-state index contributed by atoms with van der Waals surface area (Å²) in [5.74, 6) is -0.0440. The van der Waals surface area contributed by atoms with Crippen molar-refractivity contribution in [3.05, 3.63) is 126 Å². The summed E-state index contributed by atoms with van der Waals surface area (Å²) in [5.41, 5.74) is 6.79. The van der Waals surface area contributed by atoms with Crippen LogP contribution in [0.1, 0.15) is 29.0 Å². The second-order valence-electron chi connectivity index (χ2n) is 8.22. The van der Waals surface area contributed by atoms with Gasteiger partial charge >= 0.3 is 0 Å². The van der Waals surface area contributed by atoms with Gasteiger partial charge in [0.05, 0.1) is 11.4 Å². The van der Waals surface area contributed by atoms with Gasteiger partial charge in [-0.25, -0.2) is 4.98 Å². The van der Waals surface area contributed by atoms with Crippen LogP contribution in [-0.2, 0) is 4.79 Å². The Kier molecular flexibility index (Phi) is 5.73. The van der Waals surface area contributed by atoms with Crippen LogP contribution in [0.25, 0.3) is 16.9 Å². The van der Waals surface area contributed by atoms with Crippen LogP contribution in [0.15, 0.2) is 109 Å². The van der Waals surface area contributed by atoms with Gasteiger partial charge in [-0.15, -0.1) is 0 Å². The lowest BCUT2D eigenvalue weighted by molar-refractivity contribution is -0.116. The largest absolute Gasteiger partial charge is 0.325 e. The van der Waals surface area contributed by atoms with Crippen molar-refractivity contribution in [2.45, 2.75) is 19.3 Å². The molecule has 0 aliphatic heterocycles. The molecule has 0 saturated heterocycles. The molecule has 162 valence electrons. The molecular weight excluding hydrogens is 406 g/mol. The maximum absolute atomic E-state index is 13.2. The van der Waals surface area contributed by atoms with Gasteiger partial charge in [0.25, 0.3) is 0 Å². The first-order valence-electron chi connectivity index (χ1n) is 11.1. The van der Waals surface area contributed by atoms with Crippen molar-refractivity contribution in [3.8, 4) is 11.3 Å². The van der Waals surface area contributed by atoms with E-state index in [1.165, 1.54) is 0 Å². The highest BCUT2D eigenvalue weighted by molar-refractivity contribution is 5.95. The van der Waals surface area contributed by atoms with Gasteiger partial charge < -0.3 is 9.72 Å². The molecule has 0 atom stereocenters. The van der Waals surface area contributed by atoms with Gasteiger partial charge in [0.2, 0.25) is 5.91 Å². The lowest BCUT2D eigenvalue weighted by Crippen LogP contribution is -2.17. The lowest BCUT2D eigenvalue weighted by Gasteiger charge is -2.18. The second-order valence-corrected chi connectivity index (χ2v) is 8.22. The molecule has 33 heavy (non-hydrogen) atoms. The molecule has 0 bridgehead atoms. The molecule has 2 heterocycles. The van der Waals surface area contributed by atoms with Crippen LogP contribution in [-0.4, -0.2) is 15.3 Å². The summed E-state index contributed by atoms with van der Waals surface area (Å²) in [7, 11) is 0. The number of hydrogen-bond donors (Lipinski definition) is 1. The molecule has 0 aliphatic rings. The third-order valence-corrected chi connectivity index (χ3v) is 5.95. The Balaban J connectivity index is 1.43. The van der Waals surface area contributed by atoms with Crippen molar-refractivity contribution in [1.29, 1.82) is 0 Å². The van der Waals surface area contributed by atoms with E-state index in [4.69, 9.17) is 4.98 Å². The highest BCUT2D eigenvalue weighted by atomic mass is 16.1. The molecule has 0 spiro atoms. The molecule has 0 radical (unpaired) electrons. The SMILES string of the molecule is Cc1cccn2cc(-c3ccccc3NC(=O)CC(c3ccccc3)c3ccccc3)nc12. The monoisotopic (exact) mass is 431 g/mol. The van der Waals surface area contributed by atoms with Crippen LogP contribution in [0, 0.1) is 6.92 Å². The van der Waals surface area contributed by atoms with Crippen molar-refractivity contribution in [3.63, 3.8) is 0 Å². The van der Waals surface area contributed by atoms with Crippen molar-refractivity contribution < 1.29 is 4.79 Å². The van der Waals surface area contributed by atoms with Gasteiger partial charge in [-0.05, 0) is 35.7 Å². The normalized spacial score (nSPS) is 11.1. The zero-order valence-corrected chi connectivity index (χ0v) is 18.5. The number of rotatable bonds is 6. The number of carbonyl (C=O) groups excluding carboxylic acids is 1. The fourth-order valence-corrected chi connectivity index (χ4v) is 4.28. The minimum Gasteiger partial charge on any atom is -0.325 e. The van der Waals surface area contributed by atoms with Gasteiger partial charge in [0.1, 0.15) is 5.65 Å². The smallest absolute Gasteiger partial charge is 0.225 e. The number of benzene rings is 3. The van der Waals surface area contributed by atoms with Gasteiger partial charge in [0.15, 0.2) is 0 Å². The van der Waals surface area contributed by atoms with E-state index in [0.717, 1.165) is 39.3 Å². The summed E-state index contributed by atoms with van der Waals surface area (Å²) < 4.78 is 2.02. The van der Waals surface area contributed by atoms with Gasteiger partial charge in [-0.3, -0.25) is 4.79 Å². The average Bonchev–Trinajstić information content (AvgIpc) is 3.30. The van der Waals surface area contributed by atoms with Crippen LogP contribution >= 0.6 is 0 Å². The molecule has 1 N–H and O–H groups in total. The van der Waals surface area contributed by atoms with Crippen LogP contribution < -0.4 is 5.32 Å². The van der Waals surface area contributed by atoms with Crippen molar-refractivity contribution >= 4 is 17.2 Å². The van der Waals surface area contributed by atoms with E-state index in [9.17, 15) is 4.79 Å². The molecule has 4 nitrogen and oxygen atoms in total. The summed E-state index contributed by atoms with van der Waals surface area (Å²) in [6.45, 7) is 2.05. The molecule has 0 fully saturated rings. The van der Waals surface area contributed by atoms with Gasteiger partial charge in [-0.1, -0.05) is 84.9 Å². The fraction of sp³-hybridized carbons (Fsp3) is 0.103. The molecule has 5 aromatic rings. The fourth-order valence-electron chi connectivity index (χ4n) is 4.28. The third-order valence-electron chi connectivity index (χ3n) is 5.95. The number of anilines is 1. The summed E-state index contributed by atoms with van der Waals surface area (Å²) in [4.78, 5) is 18.1. The summed E-state index contributed by atoms with van der Waals surface area (Å²) in [6, 6.07) is 32.3. The topological polar surface area (TPSA) is 46.4 Å². The van der Waals surface area contributed by atoms with E-state index in [1.54, 1.807) is 0 Å². The number of aryl methyl sites for hydroxylation is 1. The van der Waals surface area contributed by atoms with Crippen LogP contribution in [0.5, 0.6) is 0 Å². The van der Waals surface area contributed by atoms with Crippen LogP contribution in [0.2, 0.25) is 0 Å². The minimum absolute atomic E-state index is 0.0163. The van der Waals surface area contributed by atoms with E-state index in [0.29, 0.717) is 6.42 Å². The first-order valence-corrected chi connectivity index (χ1v) is 11.1. The number of fused-ring (bicyclic) bond motifs is 1. The van der Waals surface area contributed by atoms with E-state index >= 15 is 0 Å². The number of imidazole rings is 1. The number of hydrogen-bond acceptors (Lipinski definition) is 2. The first kappa shape index (κ1) is 20.7. The molecule has 2 aromatic heterocycles. The predicted molar refractivity (Wildman–Crippen MR) is 133 cm³/mol. The van der Waals surface area contributed by atoms with E-state index in [1.807, 2.05) is 96.5 Å². The number of pyridine rings is 1. The first-order chi connectivity index (χ1) is 16.2. The summed E-state index contributed by atoms with van der Waals surface area (Å²) in [5, 5.41) is 3.15. The molecule has 4 heteroatoms. The Bertz CT molecular complexity index is 1350. The van der Waals surface area contributed by atoms with Gasteiger partial charge in [0, 0.05) is 30.3 Å². The molecule has 5 rings (SSSR count). The Labute approximate surface area is 193 Å². The second kappa shape index (κ2) is 9.13. The third kappa shape index (κ3) is 4.41. The molecule has 1 amide bonds. The quantitative estimate of drug-likeness (QED) is 0.335. The number of amides is 1. The summed E-state index contributed by atoms with van der Waals surface area (Å²) in [6.07, 6.45) is 4.35. The molecule has 0 unspecified atom stereocenters. The standard InChI is InChI=1S/C29H25N3O/c1-21-11-10-18-32-20-27(31-29(21)32)24-16-8-9-17-26(24)30-28(33)19-25(22-12-4-2-5-13-22)23-14-6-3-7-15-23/h2-18,20,25H,19H2,1H3,(H,30,33). The predicted octanol–water partition coefficient (Wildman–Crippen LogP) is 6.47. The number of carbonyl (C=O) groups is 1. The highest BCUT2D eigenvalue weighted by Gasteiger charge is 2.19. The van der Waals surface area contributed by atoms with Crippen molar-refractivity contribution in [2.75, 3.05) is 5.32 Å². The van der Waals surface area contributed by atoms with Crippen LogP contribution in [0.4, 0.5) is 5.69 Å². The lowest BCUT2D eigenvalue weighted by atomic mass is 9.88. The van der Waals surface area contributed by atoms with Crippen molar-refractivity contribution in [1.82, 2.24) is 9.38 Å².